The van der Waals surface area contributed by atoms with Crippen molar-refractivity contribution in [2.24, 2.45) is 17.7 Å². The van der Waals surface area contributed by atoms with Crippen molar-refractivity contribution in [1.82, 2.24) is 10.3 Å². The van der Waals surface area contributed by atoms with E-state index in [1.807, 2.05) is 19.1 Å². The fraction of sp³-hybridized carbons (Fsp3) is 0.588. The summed E-state index contributed by atoms with van der Waals surface area (Å²) in [6.07, 6.45) is 1.28. The van der Waals surface area contributed by atoms with E-state index in [1.165, 1.54) is 25.1 Å². The van der Waals surface area contributed by atoms with E-state index in [2.05, 4.69) is 36.3 Å². The minimum atomic E-state index is -0.208. The van der Waals surface area contributed by atoms with Crippen LogP contribution in [0, 0.1) is 11.8 Å². The molecule has 2 rings (SSSR count). The Bertz CT molecular complexity index is 471. The molecule has 0 aromatic heterocycles. The van der Waals surface area contributed by atoms with Crippen molar-refractivity contribution in [3.8, 4) is 0 Å². The second-order valence-electron chi connectivity index (χ2n) is 6.45. The zero-order valence-corrected chi connectivity index (χ0v) is 13.3. The van der Waals surface area contributed by atoms with Crippen LogP contribution in [0.3, 0.4) is 0 Å². The van der Waals surface area contributed by atoms with E-state index in [1.54, 1.807) is 0 Å². The molecule has 0 radical (unpaired) electrons. The van der Waals surface area contributed by atoms with Crippen LogP contribution >= 0.6 is 0 Å². The van der Waals surface area contributed by atoms with Gasteiger partial charge in [-0.15, -0.1) is 0 Å². The van der Waals surface area contributed by atoms with Crippen LogP contribution < -0.4 is 11.3 Å². The molecule has 21 heavy (non-hydrogen) atoms. The molecule has 0 spiro atoms. The van der Waals surface area contributed by atoms with E-state index < -0.39 is 0 Å². The van der Waals surface area contributed by atoms with Gasteiger partial charge in [-0.3, -0.25) is 15.1 Å². The molecule has 0 bridgehead atoms. The number of carbonyl (C=O) groups is 1. The molecular weight excluding hydrogens is 262 g/mol. The van der Waals surface area contributed by atoms with E-state index in [9.17, 15) is 4.79 Å². The number of benzene rings is 1. The highest BCUT2D eigenvalue weighted by atomic mass is 16.2. The number of piperidine rings is 1. The third-order valence-corrected chi connectivity index (χ3v) is 4.84. The fourth-order valence-corrected chi connectivity index (χ4v) is 2.94. The van der Waals surface area contributed by atoms with E-state index in [4.69, 9.17) is 5.84 Å². The van der Waals surface area contributed by atoms with Crippen molar-refractivity contribution in [2.75, 3.05) is 13.1 Å². The number of nitrogens with zero attached hydrogens (tertiary/aromatic N) is 1. The number of hydrogen-bond acceptors (Lipinski definition) is 3. The van der Waals surface area contributed by atoms with E-state index in [-0.39, 0.29) is 11.8 Å². The van der Waals surface area contributed by atoms with Gasteiger partial charge in [-0.1, -0.05) is 38.1 Å². The van der Waals surface area contributed by atoms with Gasteiger partial charge in [0.2, 0.25) is 5.91 Å². The van der Waals surface area contributed by atoms with Crippen molar-refractivity contribution >= 4 is 5.91 Å². The lowest BCUT2D eigenvalue weighted by Gasteiger charge is -2.35. The Kier molecular flexibility index (Phi) is 5.37. The zero-order chi connectivity index (χ0) is 15.4. The molecule has 1 fully saturated rings. The van der Waals surface area contributed by atoms with Crippen LogP contribution in [-0.4, -0.2) is 23.9 Å². The Hall–Kier alpha value is -1.39. The molecule has 3 N–H and O–H groups in total. The van der Waals surface area contributed by atoms with Crippen molar-refractivity contribution in [1.29, 1.82) is 0 Å². The van der Waals surface area contributed by atoms with Gasteiger partial charge in [0.05, 0.1) is 5.92 Å². The predicted molar refractivity (Wildman–Crippen MR) is 85.4 cm³/mol. The highest BCUT2D eigenvalue weighted by Gasteiger charge is 2.22. The molecule has 1 aromatic rings. The highest BCUT2D eigenvalue weighted by Crippen LogP contribution is 2.24. The van der Waals surface area contributed by atoms with Gasteiger partial charge in [-0.2, -0.15) is 0 Å². The molecule has 1 aromatic carbocycles. The van der Waals surface area contributed by atoms with Gasteiger partial charge in [0.1, 0.15) is 0 Å². The Labute approximate surface area is 127 Å². The number of likely N-dealkylation sites (tertiary alicyclic amines) is 1. The Morgan fingerprint density at radius 2 is 2.00 bits per heavy atom. The molecule has 4 nitrogen and oxygen atoms in total. The Morgan fingerprint density at radius 3 is 2.57 bits per heavy atom. The first kappa shape index (κ1) is 16.0. The monoisotopic (exact) mass is 289 g/mol. The van der Waals surface area contributed by atoms with E-state index in [0.717, 1.165) is 23.9 Å². The Balaban J connectivity index is 1.95. The van der Waals surface area contributed by atoms with Crippen LogP contribution in [-0.2, 0) is 11.3 Å². The van der Waals surface area contributed by atoms with Gasteiger partial charge >= 0.3 is 0 Å². The smallest absolute Gasteiger partial charge is 0.241 e. The summed E-state index contributed by atoms with van der Waals surface area (Å²) in [5, 5.41) is 0. The van der Waals surface area contributed by atoms with E-state index >= 15 is 0 Å². The first-order valence-electron chi connectivity index (χ1n) is 7.83. The quantitative estimate of drug-likeness (QED) is 0.508. The maximum atomic E-state index is 11.5. The molecule has 116 valence electrons. The normalized spacial score (nSPS) is 24.6. The third-order valence-electron chi connectivity index (χ3n) is 4.84. The summed E-state index contributed by atoms with van der Waals surface area (Å²) >= 11 is 0. The van der Waals surface area contributed by atoms with Crippen LogP contribution in [0.1, 0.15) is 44.2 Å². The standard InChI is InChI=1S/C17H27N3O/c1-12-8-9-20(10-13(12)2)11-15-4-6-16(7-5-15)14(3)17(21)19-18/h4-7,12-14H,8-11,18H2,1-3H3,(H,19,21). The maximum Gasteiger partial charge on any atom is 0.241 e. The van der Waals surface area contributed by atoms with Gasteiger partial charge in [0, 0.05) is 13.1 Å². The van der Waals surface area contributed by atoms with Gasteiger partial charge < -0.3 is 0 Å². The first-order valence-corrected chi connectivity index (χ1v) is 7.83. The minimum absolute atomic E-state index is 0.151. The summed E-state index contributed by atoms with van der Waals surface area (Å²) in [7, 11) is 0. The maximum absolute atomic E-state index is 11.5. The topological polar surface area (TPSA) is 58.4 Å². The molecule has 4 heteroatoms. The predicted octanol–water partition coefficient (Wildman–Crippen LogP) is 2.26. The van der Waals surface area contributed by atoms with Crippen molar-refractivity contribution < 1.29 is 4.79 Å². The first-order chi connectivity index (χ1) is 10.0. The molecule has 0 aliphatic carbocycles. The average Bonchev–Trinajstić information content (AvgIpc) is 2.50. The largest absolute Gasteiger partial charge is 0.299 e. The van der Waals surface area contributed by atoms with Crippen LogP contribution in [0.4, 0.5) is 0 Å². The molecular formula is C17H27N3O. The second kappa shape index (κ2) is 7.05. The summed E-state index contributed by atoms with van der Waals surface area (Å²) < 4.78 is 0. The van der Waals surface area contributed by atoms with Crippen LogP contribution in [0.5, 0.6) is 0 Å². The number of nitrogens with one attached hydrogen (secondary N) is 1. The number of rotatable bonds is 4. The minimum Gasteiger partial charge on any atom is -0.299 e. The molecule has 1 aliphatic rings. The van der Waals surface area contributed by atoms with Crippen molar-refractivity contribution in [3.63, 3.8) is 0 Å². The average molecular weight is 289 g/mol. The Morgan fingerprint density at radius 1 is 1.33 bits per heavy atom. The lowest BCUT2D eigenvalue weighted by Crippen LogP contribution is -2.37. The number of hydrogen-bond donors (Lipinski definition) is 2. The van der Waals surface area contributed by atoms with Crippen LogP contribution in [0.15, 0.2) is 24.3 Å². The summed E-state index contributed by atoms with van der Waals surface area (Å²) in [4.78, 5) is 14.1. The number of carbonyl (C=O) groups excluding carboxylic acids is 1. The van der Waals surface area contributed by atoms with Gasteiger partial charge in [-0.25, -0.2) is 5.84 Å². The molecule has 1 aliphatic heterocycles. The lowest BCUT2D eigenvalue weighted by atomic mass is 9.88. The number of amides is 1. The molecule has 1 amide bonds. The molecule has 3 unspecified atom stereocenters. The fourth-order valence-electron chi connectivity index (χ4n) is 2.94. The van der Waals surface area contributed by atoms with Gasteiger partial charge in [0.15, 0.2) is 0 Å². The van der Waals surface area contributed by atoms with Crippen molar-refractivity contribution in [3.05, 3.63) is 35.4 Å². The van der Waals surface area contributed by atoms with E-state index in [0.29, 0.717) is 0 Å². The third kappa shape index (κ3) is 4.05. The summed E-state index contributed by atoms with van der Waals surface area (Å²) in [5.74, 6) is 6.42. The van der Waals surface area contributed by atoms with Crippen LogP contribution in [0.2, 0.25) is 0 Å². The van der Waals surface area contributed by atoms with Crippen molar-refractivity contribution in [2.45, 2.75) is 39.7 Å². The molecule has 0 saturated carbocycles. The summed E-state index contributed by atoms with van der Waals surface area (Å²) in [6, 6.07) is 8.31. The van der Waals surface area contributed by atoms with Gasteiger partial charge in [0.25, 0.3) is 0 Å². The highest BCUT2D eigenvalue weighted by molar-refractivity contribution is 5.82. The number of nitrogens with two attached hydrogens (primary N) is 1. The zero-order valence-electron chi connectivity index (χ0n) is 13.3. The molecule has 1 heterocycles. The second-order valence-corrected chi connectivity index (χ2v) is 6.45. The molecule has 3 atom stereocenters. The lowest BCUT2D eigenvalue weighted by molar-refractivity contribution is -0.122. The molecule has 1 saturated heterocycles. The van der Waals surface area contributed by atoms with Gasteiger partial charge in [-0.05, 0) is 42.9 Å². The summed E-state index contributed by atoms with van der Waals surface area (Å²) in [6.45, 7) is 9.90. The number of hydrazine groups is 1. The SMILES string of the molecule is CC(C(=O)NN)c1ccc(CN2CCC(C)C(C)C2)cc1. The summed E-state index contributed by atoms with van der Waals surface area (Å²) in [5.41, 5.74) is 4.51. The van der Waals surface area contributed by atoms with Crippen LogP contribution in [0.25, 0.3) is 0 Å².